The molecular weight excluding hydrogens is 242 g/mol. The van der Waals surface area contributed by atoms with Gasteiger partial charge in [0.15, 0.2) is 0 Å². The molecule has 0 aromatic heterocycles. The van der Waals surface area contributed by atoms with E-state index in [1.807, 2.05) is 18.7 Å². The first-order chi connectivity index (χ1) is 9.12. The molecule has 1 aliphatic rings. The number of hydrogen-bond donors (Lipinski definition) is 2. The summed E-state index contributed by atoms with van der Waals surface area (Å²) >= 11 is 0. The van der Waals surface area contributed by atoms with Crippen LogP contribution in [-0.4, -0.2) is 42.4 Å². The zero-order chi connectivity index (χ0) is 14.3. The summed E-state index contributed by atoms with van der Waals surface area (Å²) in [6, 6.07) is 0.223. The maximum absolute atomic E-state index is 12.2. The van der Waals surface area contributed by atoms with Crippen LogP contribution in [-0.2, 0) is 9.59 Å². The summed E-state index contributed by atoms with van der Waals surface area (Å²) in [6.07, 6.45) is 3.95. The molecule has 1 rings (SSSR count). The smallest absolute Gasteiger partial charge is 0.226 e. The van der Waals surface area contributed by atoms with Gasteiger partial charge in [-0.3, -0.25) is 9.59 Å². The van der Waals surface area contributed by atoms with Crippen molar-refractivity contribution in [3.8, 4) is 0 Å². The van der Waals surface area contributed by atoms with Gasteiger partial charge in [0, 0.05) is 32.1 Å². The van der Waals surface area contributed by atoms with Crippen molar-refractivity contribution in [2.24, 2.45) is 11.7 Å². The summed E-state index contributed by atoms with van der Waals surface area (Å²) in [5.74, 6) is 0.246. The molecule has 3 N–H and O–H groups in total. The van der Waals surface area contributed by atoms with E-state index in [1.54, 1.807) is 0 Å². The predicted octanol–water partition coefficient (Wildman–Crippen LogP) is 0.879. The lowest BCUT2D eigenvalue weighted by Crippen LogP contribution is -2.48. The molecule has 110 valence electrons. The first-order valence-electron chi connectivity index (χ1n) is 7.40. The van der Waals surface area contributed by atoms with E-state index in [9.17, 15) is 9.59 Å². The first-order valence-corrected chi connectivity index (χ1v) is 7.40. The quantitative estimate of drug-likeness (QED) is 0.751. The van der Waals surface area contributed by atoms with Crippen LogP contribution in [0.5, 0.6) is 0 Å². The van der Waals surface area contributed by atoms with E-state index in [1.165, 1.54) is 0 Å². The number of piperidine rings is 1. The van der Waals surface area contributed by atoms with Crippen molar-refractivity contribution < 1.29 is 9.59 Å². The molecule has 0 spiro atoms. The number of amides is 2. The summed E-state index contributed by atoms with van der Waals surface area (Å²) in [4.78, 5) is 25.6. The molecule has 1 saturated heterocycles. The van der Waals surface area contributed by atoms with Crippen LogP contribution in [0.4, 0.5) is 0 Å². The second-order valence-electron chi connectivity index (χ2n) is 5.26. The predicted molar refractivity (Wildman–Crippen MR) is 75.5 cm³/mol. The maximum Gasteiger partial charge on any atom is 0.226 e. The van der Waals surface area contributed by atoms with Gasteiger partial charge in [-0.1, -0.05) is 13.8 Å². The van der Waals surface area contributed by atoms with E-state index in [-0.39, 0.29) is 23.8 Å². The minimum absolute atomic E-state index is 0.0498. The first kappa shape index (κ1) is 16.0. The Bertz CT molecular complexity index is 295. The second kappa shape index (κ2) is 8.15. The molecule has 0 aromatic rings. The van der Waals surface area contributed by atoms with Crippen LogP contribution in [0.15, 0.2) is 0 Å². The highest BCUT2D eigenvalue weighted by Gasteiger charge is 2.27. The SMILES string of the molecule is CCCC(=O)NC1CCN(C(=O)C(CC)CN)CC1. The molecule has 0 aliphatic carbocycles. The summed E-state index contributed by atoms with van der Waals surface area (Å²) < 4.78 is 0. The van der Waals surface area contributed by atoms with Crippen molar-refractivity contribution in [3.05, 3.63) is 0 Å². The van der Waals surface area contributed by atoms with Gasteiger partial charge in [0.25, 0.3) is 0 Å². The zero-order valence-electron chi connectivity index (χ0n) is 12.2. The van der Waals surface area contributed by atoms with Crippen LogP contribution in [0.25, 0.3) is 0 Å². The standard InChI is InChI=1S/C14H27N3O2/c1-3-5-13(18)16-12-6-8-17(9-7-12)14(19)11(4-2)10-15/h11-12H,3-10,15H2,1-2H3,(H,16,18). The third-order valence-electron chi connectivity index (χ3n) is 3.78. The van der Waals surface area contributed by atoms with Crippen LogP contribution in [0.2, 0.25) is 0 Å². The Morgan fingerprint density at radius 2 is 1.95 bits per heavy atom. The minimum atomic E-state index is -0.0498. The highest BCUT2D eigenvalue weighted by Crippen LogP contribution is 2.15. The Morgan fingerprint density at radius 1 is 1.32 bits per heavy atom. The van der Waals surface area contributed by atoms with Crippen LogP contribution < -0.4 is 11.1 Å². The number of carbonyl (C=O) groups is 2. The molecule has 0 saturated carbocycles. The van der Waals surface area contributed by atoms with E-state index >= 15 is 0 Å². The van der Waals surface area contributed by atoms with Crippen LogP contribution in [0.3, 0.4) is 0 Å². The Kier molecular flexibility index (Phi) is 6.84. The highest BCUT2D eigenvalue weighted by atomic mass is 16.2. The normalized spacial score (nSPS) is 18.2. The number of nitrogens with zero attached hydrogens (tertiary/aromatic N) is 1. The molecule has 1 aliphatic heterocycles. The Labute approximate surface area is 115 Å². The summed E-state index contributed by atoms with van der Waals surface area (Å²) in [5.41, 5.74) is 5.61. The fourth-order valence-electron chi connectivity index (χ4n) is 2.47. The fourth-order valence-corrected chi connectivity index (χ4v) is 2.47. The van der Waals surface area contributed by atoms with Crippen LogP contribution in [0.1, 0.15) is 46.0 Å². The lowest BCUT2D eigenvalue weighted by Gasteiger charge is -2.34. The topological polar surface area (TPSA) is 75.4 Å². The third kappa shape index (κ3) is 4.82. The number of nitrogens with two attached hydrogens (primary N) is 1. The molecule has 0 bridgehead atoms. The number of rotatable bonds is 6. The van der Waals surface area contributed by atoms with E-state index < -0.39 is 0 Å². The lowest BCUT2D eigenvalue weighted by atomic mass is 10.0. The number of likely N-dealkylation sites (tertiary alicyclic amines) is 1. The second-order valence-corrected chi connectivity index (χ2v) is 5.26. The summed E-state index contributed by atoms with van der Waals surface area (Å²) in [6.45, 7) is 5.87. The van der Waals surface area contributed by atoms with Gasteiger partial charge in [0.2, 0.25) is 11.8 Å². The van der Waals surface area contributed by atoms with Gasteiger partial charge in [-0.05, 0) is 25.7 Å². The van der Waals surface area contributed by atoms with Gasteiger partial charge in [0.1, 0.15) is 0 Å². The number of hydrogen-bond acceptors (Lipinski definition) is 3. The average molecular weight is 269 g/mol. The molecule has 5 heteroatoms. The minimum Gasteiger partial charge on any atom is -0.353 e. The monoisotopic (exact) mass is 269 g/mol. The van der Waals surface area contributed by atoms with Gasteiger partial charge < -0.3 is 16.0 Å². The third-order valence-corrected chi connectivity index (χ3v) is 3.78. The molecule has 19 heavy (non-hydrogen) atoms. The molecule has 0 radical (unpaired) electrons. The van der Waals surface area contributed by atoms with Crippen molar-refractivity contribution in [2.75, 3.05) is 19.6 Å². The zero-order valence-corrected chi connectivity index (χ0v) is 12.2. The van der Waals surface area contributed by atoms with Crippen molar-refractivity contribution in [2.45, 2.75) is 52.0 Å². The summed E-state index contributed by atoms with van der Waals surface area (Å²) in [7, 11) is 0. The Hall–Kier alpha value is -1.10. The van der Waals surface area contributed by atoms with Crippen LogP contribution in [0, 0.1) is 5.92 Å². The van der Waals surface area contributed by atoms with Gasteiger partial charge in [-0.2, -0.15) is 0 Å². The largest absolute Gasteiger partial charge is 0.353 e. The highest BCUT2D eigenvalue weighted by molar-refractivity contribution is 5.79. The summed E-state index contributed by atoms with van der Waals surface area (Å²) in [5, 5.41) is 3.03. The Morgan fingerprint density at radius 3 is 2.42 bits per heavy atom. The average Bonchev–Trinajstić information content (AvgIpc) is 2.41. The molecular formula is C14H27N3O2. The molecule has 2 amide bonds. The van der Waals surface area contributed by atoms with Gasteiger partial charge >= 0.3 is 0 Å². The molecule has 5 nitrogen and oxygen atoms in total. The molecule has 1 unspecified atom stereocenters. The fraction of sp³-hybridized carbons (Fsp3) is 0.857. The number of carbonyl (C=O) groups excluding carboxylic acids is 2. The van der Waals surface area contributed by atoms with Gasteiger partial charge in [0.05, 0.1) is 5.92 Å². The molecule has 1 fully saturated rings. The van der Waals surface area contributed by atoms with E-state index in [2.05, 4.69) is 5.32 Å². The molecule has 1 heterocycles. The van der Waals surface area contributed by atoms with E-state index in [4.69, 9.17) is 5.73 Å². The van der Waals surface area contributed by atoms with E-state index in [0.29, 0.717) is 13.0 Å². The van der Waals surface area contributed by atoms with E-state index in [0.717, 1.165) is 38.8 Å². The van der Waals surface area contributed by atoms with Crippen molar-refractivity contribution in [1.82, 2.24) is 10.2 Å². The van der Waals surface area contributed by atoms with Crippen molar-refractivity contribution in [3.63, 3.8) is 0 Å². The molecule has 1 atom stereocenters. The van der Waals surface area contributed by atoms with Gasteiger partial charge in [-0.15, -0.1) is 0 Å². The maximum atomic E-state index is 12.2. The van der Waals surface area contributed by atoms with Crippen molar-refractivity contribution >= 4 is 11.8 Å². The van der Waals surface area contributed by atoms with Gasteiger partial charge in [-0.25, -0.2) is 0 Å². The lowest BCUT2D eigenvalue weighted by molar-refractivity contribution is -0.136. The molecule has 0 aromatic carbocycles. The van der Waals surface area contributed by atoms with Crippen LogP contribution >= 0.6 is 0 Å². The van der Waals surface area contributed by atoms with Crippen molar-refractivity contribution in [1.29, 1.82) is 0 Å². The Balaban J connectivity index is 2.36. The number of nitrogens with one attached hydrogen (secondary N) is 1.